The van der Waals surface area contributed by atoms with Gasteiger partial charge >= 0.3 is 12.2 Å². The Morgan fingerprint density at radius 1 is 1.21 bits per heavy atom. The summed E-state index contributed by atoms with van der Waals surface area (Å²) in [5.74, 6) is -1.87. The van der Waals surface area contributed by atoms with Crippen LogP contribution in [0, 0.1) is 6.92 Å². The number of hydrogen-bond acceptors (Lipinski definition) is 8. The zero-order valence-electron chi connectivity index (χ0n) is 13.8. The van der Waals surface area contributed by atoms with E-state index in [1.54, 1.807) is 6.92 Å². The number of alkyl halides is 3. The van der Waals surface area contributed by atoms with E-state index in [0.717, 1.165) is 5.56 Å². The number of halogens is 3. The van der Waals surface area contributed by atoms with E-state index in [4.69, 9.17) is 5.73 Å². The molecule has 3 amide bonds. The number of urea groups is 1. The van der Waals surface area contributed by atoms with Crippen LogP contribution in [-0.4, -0.2) is 42.4 Å². The third-order valence-electron chi connectivity index (χ3n) is 3.68. The Bertz CT molecular complexity index is 1050. The lowest BCUT2D eigenvalue weighted by Crippen LogP contribution is -2.69. The lowest BCUT2D eigenvalue weighted by atomic mass is 10.1. The van der Waals surface area contributed by atoms with Gasteiger partial charge in [0.25, 0.3) is 21.6 Å². The molecule has 15 heteroatoms. The lowest BCUT2D eigenvalue weighted by Gasteiger charge is -2.29. The van der Waals surface area contributed by atoms with Gasteiger partial charge in [0.2, 0.25) is 9.47 Å². The maximum absolute atomic E-state index is 13.8. The fourth-order valence-corrected chi connectivity index (χ4v) is 4.41. The van der Waals surface area contributed by atoms with E-state index in [2.05, 4.69) is 10.2 Å². The molecule has 1 aromatic heterocycles. The molecule has 1 saturated heterocycles. The maximum atomic E-state index is 13.8. The van der Waals surface area contributed by atoms with Gasteiger partial charge in [0, 0.05) is 0 Å². The van der Waals surface area contributed by atoms with E-state index in [1.165, 1.54) is 34.3 Å². The van der Waals surface area contributed by atoms with Crippen molar-refractivity contribution in [3.05, 3.63) is 29.8 Å². The molecule has 4 N–H and O–H groups in total. The summed E-state index contributed by atoms with van der Waals surface area (Å²) in [4.78, 5) is 25.0. The second-order valence-electron chi connectivity index (χ2n) is 5.67. The van der Waals surface area contributed by atoms with E-state index < -0.39 is 38.1 Å². The van der Waals surface area contributed by atoms with Gasteiger partial charge in [0.15, 0.2) is 0 Å². The first-order valence-electron chi connectivity index (χ1n) is 7.30. The largest absolute Gasteiger partial charge is 0.435 e. The Kier molecular flexibility index (Phi) is 4.55. The van der Waals surface area contributed by atoms with Gasteiger partial charge in [0.1, 0.15) is 0 Å². The first kappa shape index (κ1) is 20.0. The number of nitrogens with zero attached hydrogens (tertiary/aromatic N) is 3. The quantitative estimate of drug-likeness (QED) is 0.598. The summed E-state index contributed by atoms with van der Waals surface area (Å²) in [5.41, 5.74) is 1.89. The highest BCUT2D eigenvalue weighted by Crippen LogP contribution is 2.37. The fraction of sp³-hybridized carbons (Fsp3) is 0.231. The zero-order chi connectivity index (χ0) is 20.9. The molecule has 150 valence electrons. The van der Waals surface area contributed by atoms with Crippen LogP contribution in [0.4, 0.5) is 28.8 Å². The predicted molar refractivity (Wildman–Crippen MR) is 90.6 cm³/mol. The van der Waals surface area contributed by atoms with Crippen molar-refractivity contribution in [3.8, 4) is 0 Å². The number of anilines is 2. The number of amides is 3. The van der Waals surface area contributed by atoms with E-state index in [-0.39, 0.29) is 27.1 Å². The molecule has 1 atom stereocenters. The van der Waals surface area contributed by atoms with Crippen LogP contribution in [0.3, 0.4) is 0 Å². The van der Waals surface area contributed by atoms with Crippen LogP contribution >= 0.6 is 11.3 Å². The van der Waals surface area contributed by atoms with E-state index >= 15 is 0 Å². The molecule has 0 aliphatic carbocycles. The monoisotopic (exact) mass is 436 g/mol. The molecule has 2 aromatic rings. The average Bonchev–Trinajstić information content (AvgIpc) is 3.11. The molecule has 0 saturated carbocycles. The molecule has 2 heterocycles. The lowest BCUT2D eigenvalue weighted by molar-refractivity contribution is -0.194. The number of nitrogens with two attached hydrogens (primary N) is 1. The summed E-state index contributed by atoms with van der Waals surface area (Å²) in [6, 6.07) is 3.99. The highest BCUT2D eigenvalue weighted by molar-refractivity contribution is 7.91. The molecule has 1 aliphatic heterocycles. The molecule has 1 unspecified atom stereocenters. The van der Waals surface area contributed by atoms with Crippen LogP contribution in [-0.2, 0) is 14.8 Å². The fourth-order valence-electron chi connectivity index (χ4n) is 2.35. The van der Waals surface area contributed by atoms with E-state index in [9.17, 15) is 31.2 Å². The SMILES string of the molecule is Cc1ccc(N2C(=O)NC(NS(=O)(=O)c3nnc(N)s3)(C(F)(F)F)C2=O)cc1. The van der Waals surface area contributed by atoms with Crippen LogP contribution in [0.15, 0.2) is 28.6 Å². The normalized spacial score (nSPS) is 20.5. The number of carbonyl (C=O) groups excluding carboxylic acids is 2. The second kappa shape index (κ2) is 6.39. The summed E-state index contributed by atoms with van der Waals surface area (Å²) in [6.07, 6.45) is -5.51. The van der Waals surface area contributed by atoms with Gasteiger partial charge in [-0.05, 0) is 19.1 Å². The van der Waals surface area contributed by atoms with Crippen molar-refractivity contribution < 1.29 is 31.2 Å². The molecule has 3 rings (SSSR count). The zero-order valence-corrected chi connectivity index (χ0v) is 15.4. The molecular weight excluding hydrogens is 425 g/mol. The van der Waals surface area contributed by atoms with Gasteiger partial charge in [-0.2, -0.15) is 17.9 Å². The summed E-state index contributed by atoms with van der Waals surface area (Å²) >= 11 is 0.288. The van der Waals surface area contributed by atoms with Crippen molar-refractivity contribution in [1.82, 2.24) is 20.2 Å². The number of benzene rings is 1. The van der Waals surface area contributed by atoms with Gasteiger partial charge in [-0.15, -0.1) is 10.2 Å². The third-order valence-corrected chi connectivity index (χ3v) is 6.25. The smallest absolute Gasteiger partial charge is 0.374 e. The van der Waals surface area contributed by atoms with Crippen molar-refractivity contribution in [1.29, 1.82) is 0 Å². The van der Waals surface area contributed by atoms with Crippen LogP contribution in [0.1, 0.15) is 5.56 Å². The molecule has 0 bridgehead atoms. The molecule has 0 spiro atoms. The average molecular weight is 436 g/mol. The minimum absolute atomic E-state index is 0.168. The van der Waals surface area contributed by atoms with Gasteiger partial charge in [0.05, 0.1) is 5.69 Å². The highest BCUT2D eigenvalue weighted by Gasteiger charge is 2.70. The molecule has 0 radical (unpaired) electrons. The Balaban J connectivity index is 2.07. The van der Waals surface area contributed by atoms with Crippen molar-refractivity contribution in [2.45, 2.75) is 23.1 Å². The Morgan fingerprint density at radius 2 is 1.82 bits per heavy atom. The first-order valence-corrected chi connectivity index (χ1v) is 9.60. The topological polar surface area (TPSA) is 147 Å². The van der Waals surface area contributed by atoms with Crippen molar-refractivity contribution in [2.75, 3.05) is 10.6 Å². The summed E-state index contributed by atoms with van der Waals surface area (Å²) in [7, 11) is -5.00. The van der Waals surface area contributed by atoms with E-state index in [1.807, 2.05) is 0 Å². The minimum Gasteiger partial charge on any atom is -0.374 e. The maximum Gasteiger partial charge on any atom is 0.435 e. The molecule has 10 nitrogen and oxygen atoms in total. The standard InChI is InChI=1S/C13H11F3N6O4S2/c1-6-2-4-7(5-3-6)22-8(23)12(13(14,15)16,18-10(22)24)21-28(25,26)11-20-19-9(17)27-11/h2-5,21H,1H3,(H2,17,19)(H,18,24). The van der Waals surface area contributed by atoms with Gasteiger partial charge in [-0.25, -0.2) is 18.1 Å². The molecular formula is C13H11F3N6O4S2. The molecule has 1 aromatic carbocycles. The first-order chi connectivity index (χ1) is 12.9. The number of carbonyl (C=O) groups is 2. The molecule has 28 heavy (non-hydrogen) atoms. The van der Waals surface area contributed by atoms with Crippen molar-refractivity contribution in [3.63, 3.8) is 0 Å². The second-order valence-corrected chi connectivity index (χ2v) is 8.53. The van der Waals surface area contributed by atoms with Gasteiger partial charge < -0.3 is 11.1 Å². The number of imide groups is 1. The predicted octanol–water partition coefficient (Wildman–Crippen LogP) is 0.722. The summed E-state index contributed by atoms with van der Waals surface area (Å²) in [6.45, 7) is 1.69. The van der Waals surface area contributed by atoms with Gasteiger partial charge in [-0.3, -0.25) is 4.79 Å². The van der Waals surface area contributed by atoms with Crippen LogP contribution in [0.2, 0.25) is 0 Å². The number of nitrogens with one attached hydrogen (secondary N) is 2. The Hall–Kier alpha value is -2.78. The number of aromatic nitrogens is 2. The number of aryl methyl sites for hydroxylation is 1. The van der Waals surface area contributed by atoms with Crippen LogP contribution in [0.25, 0.3) is 0 Å². The highest BCUT2D eigenvalue weighted by atomic mass is 32.2. The van der Waals surface area contributed by atoms with Gasteiger partial charge in [-0.1, -0.05) is 29.0 Å². The Labute approximate surface area is 159 Å². The molecule has 1 fully saturated rings. The van der Waals surface area contributed by atoms with Crippen LogP contribution in [0.5, 0.6) is 0 Å². The van der Waals surface area contributed by atoms with Crippen molar-refractivity contribution >= 4 is 44.1 Å². The number of rotatable bonds is 4. The van der Waals surface area contributed by atoms with E-state index in [0.29, 0.717) is 0 Å². The number of nitrogen functional groups attached to an aromatic ring is 1. The number of hydrogen-bond donors (Lipinski definition) is 3. The van der Waals surface area contributed by atoms with Crippen LogP contribution < -0.4 is 20.7 Å². The summed E-state index contributed by atoms with van der Waals surface area (Å²) < 4.78 is 66.3. The summed E-state index contributed by atoms with van der Waals surface area (Å²) in [5, 5.41) is 7.46. The van der Waals surface area contributed by atoms with Crippen molar-refractivity contribution in [2.24, 2.45) is 0 Å². The Morgan fingerprint density at radius 3 is 2.32 bits per heavy atom. The minimum atomic E-state index is -5.51. The number of sulfonamides is 1. The molecule has 1 aliphatic rings. The third kappa shape index (κ3) is 3.16.